The molecular weight excluding hydrogens is 273 g/mol. The summed E-state index contributed by atoms with van der Waals surface area (Å²) < 4.78 is 12.8. The Morgan fingerprint density at radius 1 is 1.00 bits per heavy atom. The van der Waals surface area contributed by atoms with Crippen molar-refractivity contribution in [1.82, 2.24) is 10.6 Å². The quantitative estimate of drug-likeness (QED) is 0.667. The molecule has 1 aromatic carbocycles. The van der Waals surface area contributed by atoms with Crippen LogP contribution in [0.15, 0.2) is 24.3 Å². The van der Waals surface area contributed by atoms with Crippen molar-refractivity contribution >= 4 is 11.8 Å². The molecule has 1 fully saturated rings. The van der Waals surface area contributed by atoms with E-state index >= 15 is 0 Å². The summed E-state index contributed by atoms with van der Waals surface area (Å²) in [5, 5.41) is 5.47. The second-order valence-corrected chi connectivity index (χ2v) is 5.24. The van der Waals surface area contributed by atoms with Gasteiger partial charge >= 0.3 is 0 Å². The molecule has 0 aromatic heterocycles. The predicted molar refractivity (Wildman–Crippen MR) is 76.9 cm³/mol. The molecule has 2 amide bonds. The first-order valence-electron chi connectivity index (χ1n) is 7.15. The average Bonchev–Trinajstić information content (AvgIpc) is 2.46. The second-order valence-electron chi connectivity index (χ2n) is 5.24. The van der Waals surface area contributed by atoms with Gasteiger partial charge in [0.1, 0.15) is 17.9 Å². The third kappa shape index (κ3) is 4.26. The molecule has 2 atom stereocenters. The van der Waals surface area contributed by atoms with Crippen LogP contribution in [0.3, 0.4) is 0 Å². The molecule has 0 unspecified atom stereocenters. The van der Waals surface area contributed by atoms with Crippen LogP contribution < -0.4 is 16.4 Å². The Balaban J connectivity index is 1.91. The molecular formula is C15H20FN3O2. The van der Waals surface area contributed by atoms with Gasteiger partial charge in [-0.1, -0.05) is 12.1 Å². The molecule has 21 heavy (non-hydrogen) atoms. The number of halogens is 1. The molecule has 1 aliphatic rings. The second kappa shape index (κ2) is 7.17. The normalized spacial score (nSPS) is 21.8. The molecule has 0 radical (unpaired) electrons. The molecule has 1 aromatic rings. The first-order valence-corrected chi connectivity index (χ1v) is 7.15. The summed E-state index contributed by atoms with van der Waals surface area (Å²) in [5.74, 6) is -0.689. The molecule has 5 nitrogen and oxygen atoms in total. The Morgan fingerprint density at radius 2 is 1.62 bits per heavy atom. The van der Waals surface area contributed by atoms with Crippen molar-refractivity contribution in [3.8, 4) is 0 Å². The van der Waals surface area contributed by atoms with E-state index in [1.165, 1.54) is 12.1 Å². The zero-order chi connectivity index (χ0) is 15.2. The van der Waals surface area contributed by atoms with Crippen LogP contribution in [0.2, 0.25) is 0 Å². The lowest BCUT2D eigenvalue weighted by molar-refractivity contribution is -0.136. The van der Waals surface area contributed by atoms with Gasteiger partial charge in [0.25, 0.3) is 0 Å². The van der Waals surface area contributed by atoms with E-state index in [2.05, 4.69) is 10.6 Å². The van der Waals surface area contributed by atoms with Gasteiger partial charge in [0, 0.05) is 6.42 Å². The minimum absolute atomic E-state index is 0.168. The van der Waals surface area contributed by atoms with Crippen molar-refractivity contribution in [2.45, 2.75) is 37.8 Å². The van der Waals surface area contributed by atoms with E-state index in [0.29, 0.717) is 19.4 Å². The molecule has 4 N–H and O–H groups in total. The Kier molecular flexibility index (Phi) is 5.27. The highest BCUT2D eigenvalue weighted by atomic mass is 19.1. The Morgan fingerprint density at radius 3 is 2.29 bits per heavy atom. The van der Waals surface area contributed by atoms with Crippen molar-refractivity contribution in [3.05, 3.63) is 35.6 Å². The maximum Gasteiger partial charge on any atom is 0.243 e. The van der Waals surface area contributed by atoms with E-state index < -0.39 is 12.1 Å². The van der Waals surface area contributed by atoms with Gasteiger partial charge in [-0.25, -0.2) is 4.39 Å². The molecule has 2 rings (SSSR count). The fraction of sp³-hybridized carbons (Fsp3) is 0.467. The fourth-order valence-electron chi connectivity index (χ4n) is 2.37. The lowest BCUT2D eigenvalue weighted by Gasteiger charge is -2.29. The molecule has 0 saturated carbocycles. The summed E-state index contributed by atoms with van der Waals surface area (Å²) in [6.07, 6.45) is 2.58. The summed E-state index contributed by atoms with van der Waals surface area (Å²) in [4.78, 5) is 24.0. The van der Waals surface area contributed by atoms with Gasteiger partial charge in [0.2, 0.25) is 11.8 Å². The number of carbonyl (C=O) groups is 2. The van der Waals surface area contributed by atoms with E-state index in [0.717, 1.165) is 18.4 Å². The molecule has 1 aliphatic heterocycles. The highest BCUT2D eigenvalue weighted by Crippen LogP contribution is 2.11. The standard InChI is InChI=1S/C15H20FN3O2/c16-11-6-4-10(5-7-11)9-13-15(21)18-12(14(20)19-13)3-1-2-8-17/h4-7,12-13H,1-3,8-9,17H2,(H,18,21)(H,19,20)/t12-,13-/m0/s1. The number of carbonyl (C=O) groups excluding carboxylic acids is 2. The van der Waals surface area contributed by atoms with Crippen LogP contribution in [0.25, 0.3) is 0 Å². The number of hydrogen-bond donors (Lipinski definition) is 3. The van der Waals surface area contributed by atoms with Crippen LogP contribution in [-0.4, -0.2) is 30.4 Å². The van der Waals surface area contributed by atoms with Crippen molar-refractivity contribution in [1.29, 1.82) is 0 Å². The Bertz CT molecular complexity index is 504. The number of nitrogens with two attached hydrogens (primary N) is 1. The van der Waals surface area contributed by atoms with Crippen LogP contribution >= 0.6 is 0 Å². The smallest absolute Gasteiger partial charge is 0.243 e. The maximum absolute atomic E-state index is 12.8. The van der Waals surface area contributed by atoms with Gasteiger partial charge in [0.15, 0.2) is 0 Å². The number of amides is 2. The molecule has 0 bridgehead atoms. The molecule has 1 saturated heterocycles. The van der Waals surface area contributed by atoms with E-state index in [-0.39, 0.29) is 17.6 Å². The predicted octanol–water partition coefficient (Wildman–Crippen LogP) is 0.480. The van der Waals surface area contributed by atoms with E-state index in [4.69, 9.17) is 5.73 Å². The van der Waals surface area contributed by atoms with Crippen molar-refractivity contribution in [3.63, 3.8) is 0 Å². The Labute approximate surface area is 123 Å². The maximum atomic E-state index is 12.8. The largest absolute Gasteiger partial charge is 0.343 e. The van der Waals surface area contributed by atoms with Gasteiger partial charge in [-0.15, -0.1) is 0 Å². The van der Waals surface area contributed by atoms with Gasteiger partial charge < -0.3 is 16.4 Å². The zero-order valence-corrected chi connectivity index (χ0v) is 11.8. The molecule has 6 heteroatoms. The van der Waals surface area contributed by atoms with E-state index in [1.807, 2.05) is 0 Å². The number of benzene rings is 1. The zero-order valence-electron chi connectivity index (χ0n) is 11.8. The SMILES string of the molecule is NCCCC[C@@H]1NC(=O)[C@H](Cc2ccc(F)cc2)NC1=O. The summed E-state index contributed by atoms with van der Waals surface area (Å²) in [6.45, 7) is 0.579. The summed E-state index contributed by atoms with van der Waals surface area (Å²) in [6, 6.07) is 4.83. The van der Waals surface area contributed by atoms with Crippen molar-refractivity contribution < 1.29 is 14.0 Å². The fourth-order valence-corrected chi connectivity index (χ4v) is 2.37. The van der Waals surface area contributed by atoms with Gasteiger partial charge in [-0.05, 0) is 43.5 Å². The first kappa shape index (κ1) is 15.4. The third-order valence-corrected chi connectivity index (χ3v) is 3.57. The number of piperazine rings is 1. The summed E-state index contributed by atoms with van der Waals surface area (Å²) in [7, 11) is 0. The number of unbranched alkanes of at least 4 members (excludes halogenated alkanes) is 1. The van der Waals surface area contributed by atoms with Crippen LogP contribution in [0.4, 0.5) is 4.39 Å². The molecule has 0 aliphatic carbocycles. The van der Waals surface area contributed by atoms with Gasteiger partial charge in [-0.3, -0.25) is 9.59 Å². The van der Waals surface area contributed by atoms with Crippen molar-refractivity contribution in [2.24, 2.45) is 5.73 Å². The van der Waals surface area contributed by atoms with Crippen molar-refractivity contribution in [2.75, 3.05) is 6.54 Å². The lowest BCUT2D eigenvalue weighted by Crippen LogP contribution is -2.62. The Hall–Kier alpha value is -1.95. The summed E-state index contributed by atoms with van der Waals surface area (Å²) >= 11 is 0. The van der Waals surface area contributed by atoms with Crippen LogP contribution in [0, 0.1) is 5.82 Å². The minimum atomic E-state index is -0.603. The van der Waals surface area contributed by atoms with Crippen LogP contribution in [0.1, 0.15) is 24.8 Å². The number of rotatable bonds is 6. The van der Waals surface area contributed by atoms with Crippen LogP contribution in [-0.2, 0) is 16.0 Å². The topological polar surface area (TPSA) is 84.2 Å². The lowest BCUT2D eigenvalue weighted by atomic mass is 10.00. The third-order valence-electron chi connectivity index (χ3n) is 3.57. The monoisotopic (exact) mass is 293 g/mol. The van der Waals surface area contributed by atoms with Gasteiger partial charge in [0.05, 0.1) is 0 Å². The number of hydrogen-bond acceptors (Lipinski definition) is 3. The van der Waals surface area contributed by atoms with E-state index in [1.54, 1.807) is 12.1 Å². The molecule has 0 spiro atoms. The average molecular weight is 293 g/mol. The molecule has 114 valence electrons. The highest BCUT2D eigenvalue weighted by molar-refractivity contribution is 5.97. The number of nitrogens with one attached hydrogen (secondary N) is 2. The van der Waals surface area contributed by atoms with E-state index in [9.17, 15) is 14.0 Å². The van der Waals surface area contributed by atoms with Crippen LogP contribution in [0.5, 0.6) is 0 Å². The first-order chi connectivity index (χ1) is 10.1. The summed E-state index contributed by atoms with van der Waals surface area (Å²) in [5.41, 5.74) is 6.21. The highest BCUT2D eigenvalue weighted by Gasteiger charge is 2.32. The van der Waals surface area contributed by atoms with Gasteiger partial charge in [-0.2, -0.15) is 0 Å². The molecule has 1 heterocycles. The minimum Gasteiger partial charge on any atom is -0.343 e.